The maximum atomic E-state index is 13.4. The van der Waals surface area contributed by atoms with E-state index in [1.165, 1.54) is 18.2 Å². The Morgan fingerprint density at radius 3 is 2.63 bits per heavy atom. The van der Waals surface area contributed by atoms with Gasteiger partial charge in [-0.25, -0.2) is 4.39 Å². The lowest BCUT2D eigenvalue weighted by Gasteiger charge is -2.14. The quantitative estimate of drug-likeness (QED) is 0.444. The van der Waals surface area contributed by atoms with Crippen molar-refractivity contribution in [1.82, 2.24) is 15.3 Å². The maximum Gasteiger partial charge on any atom is 0.248 e. The van der Waals surface area contributed by atoms with E-state index in [1.807, 2.05) is 31.2 Å². The van der Waals surface area contributed by atoms with Crippen LogP contribution in [0.1, 0.15) is 30.5 Å². The van der Waals surface area contributed by atoms with Gasteiger partial charge in [-0.3, -0.25) is 9.59 Å². The number of fused-ring (bicyclic) bond motifs is 1. The largest absolute Gasteiger partial charge is 0.354 e. The number of pyridine rings is 1. The summed E-state index contributed by atoms with van der Waals surface area (Å²) in [6.45, 7) is 1.85. The van der Waals surface area contributed by atoms with Crippen molar-refractivity contribution in [3.05, 3.63) is 94.2 Å². The smallest absolute Gasteiger partial charge is 0.248 e. The standard InChI is InChI=1S/C24H22FN3O2/c1-15(17-12-13-26-23(30)14-17)27-22(29)11-10-20-19-4-2-3-5-21(19)28-24(20)16-6-8-18(25)9-7-16/h2-9,12-15,28H,10-11H2,1H3,(H,26,30)(H,27,29). The second kappa shape index (κ2) is 8.37. The van der Waals surface area contributed by atoms with E-state index >= 15 is 0 Å². The molecular weight excluding hydrogens is 381 g/mol. The van der Waals surface area contributed by atoms with Crippen molar-refractivity contribution in [1.29, 1.82) is 0 Å². The number of halogens is 1. The highest BCUT2D eigenvalue weighted by Crippen LogP contribution is 2.31. The van der Waals surface area contributed by atoms with Crippen LogP contribution in [0.3, 0.4) is 0 Å². The Labute approximate surface area is 173 Å². The first-order valence-electron chi connectivity index (χ1n) is 9.85. The van der Waals surface area contributed by atoms with E-state index in [4.69, 9.17) is 0 Å². The molecule has 1 unspecified atom stereocenters. The summed E-state index contributed by atoms with van der Waals surface area (Å²) >= 11 is 0. The van der Waals surface area contributed by atoms with E-state index in [1.54, 1.807) is 24.4 Å². The first-order valence-corrected chi connectivity index (χ1v) is 9.85. The van der Waals surface area contributed by atoms with Crippen LogP contribution in [0, 0.1) is 5.82 Å². The maximum absolute atomic E-state index is 13.4. The zero-order chi connectivity index (χ0) is 21.1. The lowest BCUT2D eigenvalue weighted by Crippen LogP contribution is -2.27. The highest BCUT2D eigenvalue weighted by atomic mass is 19.1. The van der Waals surface area contributed by atoms with Crippen LogP contribution in [0.5, 0.6) is 0 Å². The minimum absolute atomic E-state index is 0.0990. The van der Waals surface area contributed by atoms with Crippen molar-refractivity contribution in [2.75, 3.05) is 0 Å². The summed E-state index contributed by atoms with van der Waals surface area (Å²) in [5.41, 5.74) is 4.33. The molecule has 2 aromatic heterocycles. The Hall–Kier alpha value is -3.67. The number of aromatic amines is 2. The molecule has 1 atom stereocenters. The second-order valence-corrected chi connectivity index (χ2v) is 7.31. The Bertz CT molecular complexity index is 1240. The number of H-pyrrole nitrogens is 2. The lowest BCUT2D eigenvalue weighted by molar-refractivity contribution is -0.121. The molecule has 30 heavy (non-hydrogen) atoms. The molecule has 0 aliphatic rings. The third-order valence-corrected chi connectivity index (χ3v) is 5.23. The molecule has 4 aromatic rings. The number of aryl methyl sites for hydroxylation is 1. The number of aromatic nitrogens is 2. The average Bonchev–Trinajstić information content (AvgIpc) is 3.11. The van der Waals surface area contributed by atoms with E-state index in [-0.39, 0.29) is 23.3 Å². The molecule has 0 aliphatic heterocycles. The van der Waals surface area contributed by atoms with Crippen LogP contribution in [0.4, 0.5) is 4.39 Å². The minimum atomic E-state index is -0.287. The molecule has 3 N–H and O–H groups in total. The van der Waals surface area contributed by atoms with Crippen LogP contribution in [-0.2, 0) is 11.2 Å². The van der Waals surface area contributed by atoms with Gasteiger partial charge < -0.3 is 15.3 Å². The molecule has 0 saturated heterocycles. The fourth-order valence-electron chi connectivity index (χ4n) is 3.69. The number of amides is 1. The van der Waals surface area contributed by atoms with Crippen LogP contribution in [0.25, 0.3) is 22.2 Å². The number of carbonyl (C=O) groups excluding carboxylic acids is 1. The SMILES string of the molecule is CC(NC(=O)CCc1c(-c2ccc(F)cc2)[nH]c2ccccc12)c1cc[nH]c(=O)c1. The zero-order valence-electron chi connectivity index (χ0n) is 16.5. The third kappa shape index (κ3) is 4.17. The Morgan fingerprint density at radius 1 is 1.10 bits per heavy atom. The predicted molar refractivity (Wildman–Crippen MR) is 116 cm³/mol. The monoisotopic (exact) mass is 403 g/mol. The highest BCUT2D eigenvalue weighted by molar-refractivity contribution is 5.91. The van der Waals surface area contributed by atoms with Crippen LogP contribution < -0.4 is 10.9 Å². The number of hydrogen-bond acceptors (Lipinski definition) is 2. The summed E-state index contributed by atoms with van der Waals surface area (Å²) in [6.07, 6.45) is 2.40. The van der Waals surface area contributed by atoms with Crippen molar-refractivity contribution in [3.63, 3.8) is 0 Å². The highest BCUT2D eigenvalue weighted by Gasteiger charge is 2.16. The fourth-order valence-corrected chi connectivity index (χ4v) is 3.69. The summed E-state index contributed by atoms with van der Waals surface area (Å²) in [5, 5.41) is 4.00. The Kier molecular flexibility index (Phi) is 5.48. The Morgan fingerprint density at radius 2 is 1.87 bits per heavy atom. The molecule has 0 fully saturated rings. The number of benzene rings is 2. The summed E-state index contributed by atoms with van der Waals surface area (Å²) in [4.78, 5) is 30.0. The zero-order valence-corrected chi connectivity index (χ0v) is 16.5. The van der Waals surface area contributed by atoms with Gasteiger partial charge >= 0.3 is 0 Å². The first kappa shape index (κ1) is 19.6. The summed E-state index contributed by atoms with van der Waals surface area (Å²) in [7, 11) is 0. The van der Waals surface area contributed by atoms with Crippen molar-refractivity contribution in [2.24, 2.45) is 0 Å². The molecule has 4 rings (SSSR count). The molecule has 1 amide bonds. The summed E-state index contributed by atoms with van der Waals surface area (Å²) in [5.74, 6) is -0.386. The van der Waals surface area contributed by atoms with Gasteiger partial charge in [-0.05, 0) is 66.4 Å². The predicted octanol–water partition coefficient (Wildman–Crippen LogP) is 4.47. The van der Waals surface area contributed by atoms with Gasteiger partial charge in [0.2, 0.25) is 11.5 Å². The topological polar surface area (TPSA) is 77.8 Å². The molecule has 0 radical (unpaired) electrons. The van der Waals surface area contributed by atoms with E-state index in [0.29, 0.717) is 12.8 Å². The van der Waals surface area contributed by atoms with Gasteiger partial charge in [0, 0.05) is 35.3 Å². The van der Waals surface area contributed by atoms with Crippen molar-refractivity contribution in [3.8, 4) is 11.3 Å². The van der Waals surface area contributed by atoms with E-state index in [9.17, 15) is 14.0 Å². The lowest BCUT2D eigenvalue weighted by atomic mass is 10.0. The normalized spacial score (nSPS) is 12.1. The fraction of sp³-hybridized carbons (Fsp3) is 0.167. The van der Waals surface area contributed by atoms with Gasteiger partial charge in [0.25, 0.3) is 0 Å². The van der Waals surface area contributed by atoms with Gasteiger partial charge in [0.05, 0.1) is 6.04 Å². The van der Waals surface area contributed by atoms with Gasteiger partial charge in [0.15, 0.2) is 0 Å². The molecule has 152 valence electrons. The van der Waals surface area contributed by atoms with Crippen molar-refractivity contribution < 1.29 is 9.18 Å². The van der Waals surface area contributed by atoms with Crippen LogP contribution in [0.2, 0.25) is 0 Å². The molecule has 2 heterocycles. The number of rotatable bonds is 6. The van der Waals surface area contributed by atoms with Gasteiger partial charge in [-0.2, -0.15) is 0 Å². The Balaban J connectivity index is 1.54. The van der Waals surface area contributed by atoms with Crippen molar-refractivity contribution >= 4 is 16.8 Å². The molecule has 0 spiro atoms. The second-order valence-electron chi connectivity index (χ2n) is 7.31. The van der Waals surface area contributed by atoms with Crippen molar-refractivity contribution in [2.45, 2.75) is 25.8 Å². The van der Waals surface area contributed by atoms with E-state index in [2.05, 4.69) is 15.3 Å². The third-order valence-electron chi connectivity index (χ3n) is 5.23. The van der Waals surface area contributed by atoms with E-state index < -0.39 is 0 Å². The molecule has 0 aliphatic carbocycles. The molecule has 6 heteroatoms. The minimum Gasteiger partial charge on any atom is -0.354 e. The molecule has 5 nitrogen and oxygen atoms in total. The summed E-state index contributed by atoms with van der Waals surface area (Å²) < 4.78 is 13.4. The van der Waals surface area contributed by atoms with Gasteiger partial charge in [-0.1, -0.05) is 18.2 Å². The van der Waals surface area contributed by atoms with Gasteiger partial charge in [0.1, 0.15) is 5.82 Å². The number of carbonyl (C=O) groups is 1. The van der Waals surface area contributed by atoms with E-state index in [0.717, 1.165) is 33.3 Å². The summed E-state index contributed by atoms with van der Waals surface area (Å²) in [6, 6.07) is 17.2. The van der Waals surface area contributed by atoms with Gasteiger partial charge in [-0.15, -0.1) is 0 Å². The molecule has 0 bridgehead atoms. The molecular formula is C24H22FN3O2. The number of hydrogen-bond donors (Lipinski definition) is 3. The van der Waals surface area contributed by atoms with Crippen LogP contribution in [-0.4, -0.2) is 15.9 Å². The molecule has 2 aromatic carbocycles. The number of para-hydroxylation sites is 1. The number of nitrogens with one attached hydrogen (secondary N) is 3. The molecule has 0 saturated carbocycles. The van der Waals surface area contributed by atoms with Crippen LogP contribution >= 0.6 is 0 Å². The first-order chi connectivity index (χ1) is 14.5. The average molecular weight is 403 g/mol. The van der Waals surface area contributed by atoms with Crippen LogP contribution in [0.15, 0.2) is 71.7 Å².